The van der Waals surface area contributed by atoms with Gasteiger partial charge in [0.1, 0.15) is 0 Å². The molecule has 0 saturated carbocycles. The predicted molar refractivity (Wildman–Crippen MR) is 63.9 cm³/mol. The van der Waals surface area contributed by atoms with E-state index in [-0.39, 0.29) is 0 Å². The summed E-state index contributed by atoms with van der Waals surface area (Å²) in [5, 5.41) is 2.20. The Bertz CT molecular complexity index is 427. The van der Waals surface area contributed by atoms with Gasteiger partial charge >= 0.3 is 0 Å². The molecule has 0 unspecified atom stereocenters. The minimum absolute atomic E-state index is 0.509. The highest BCUT2D eigenvalue weighted by atomic mass is 14.6. The SMILES string of the molecule is C=c1cccc(C(C)C)/c1=C/N=CC. The zero-order valence-electron chi connectivity index (χ0n) is 9.12. The molecule has 1 aromatic carbocycles. The minimum atomic E-state index is 0.509. The summed E-state index contributed by atoms with van der Waals surface area (Å²) < 4.78 is 0. The molecule has 0 fully saturated rings. The molecule has 0 aliphatic rings. The Morgan fingerprint density at radius 2 is 2.07 bits per heavy atom. The topological polar surface area (TPSA) is 12.4 Å². The van der Waals surface area contributed by atoms with E-state index < -0.39 is 0 Å². The summed E-state index contributed by atoms with van der Waals surface area (Å²) >= 11 is 0. The fourth-order valence-electron chi connectivity index (χ4n) is 1.44. The summed E-state index contributed by atoms with van der Waals surface area (Å²) in [7, 11) is 0. The van der Waals surface area contributed by atoms with Crippen molar-refractivity contribution in [3.8, 4) is 0 Å². The molecule has 0 heterocycles. The Morgan fingerprint density at radius 3 is 2.64 bits per heavy atom. The summed E-state index contributed by atoms with van der Waals surface area (Å²) in [5.74, 6) is 0.509. The Morgan fingerprint density at radius 1 is 1.36 bits per heavy atom. The Hall–Kier alpha value is -1.37. The maximum absolute atomic E-state index is 4.16. The molecule has 0 bridgehead atoms. The van der Waals surface area contributed by atoms with Gasteiger partial charge in [-0.3, -0.25) is 4.99 Å². The van der Waals surface area contributed by atoms with Gasteiger partial charge in [-0.25, -0.2) is 0 Å². The molecular weight excluding hydrogens is 170 g/mol. The second kappa shape index (κ2) is 4.75. The molecule has 0 aliphatic heterocycles. The number of hydrogen-bond acceptors (Lipinski definition) is 1. The molecule has 0 spiro atoms. The van der Waals surface area contributed by atoms with Crippen LogP contribution in [0, 0.1) is 0 Å². The van der Waals surface area contributed by atoms with E-state index in [1.165, 1.54) is 5.56 Å². The molecule has 0 aliphatic carbocycles. The van der Waals surface area contributed by atoms with Crippen molar-refractivity contribution in [1.82, 2.24) is 0 Å². The zero-order valence-corrected chi connectivity index (χ0v) is 9.12. The molecule has 0 atom stereocenters. The number of hydrogen-bond donors (Lipinski definition) is 0. The van der Waals surface area contributed by atoms with Gasteiger partial charge in [0.05, 0.1) is 0 Å². The summed E-state index contributed by atoms with van der Waals surface area (Å²) in [6.07, 6.45) is 3.67. The molecule has 1 aromatic rings. The van der Waals surface area contributed by atoms with Crippen LogP contribution in [0.2, 0.25) is 0 Å². The van der Waals surface area contributed by atoms with Crippen molar-refractivity contribution in [1.29, 1.82) is 0 Å². The molecule has 0 radical (unpaired) electrons. The van der Waals surface area contributed by atoms with Crippen LogP contribution >= 0.6 is 0 Å². The highest BCUT2D eigenvalue weighted by molar-refractivity contribution is 5.58. The normalized spacial score (nSPS) is 13.0. The Labute approximate surface area is 85.5 Å². The van der Waals surface area contributed by atoms with Crippen LogP contribution in [0.5, 0.6) is 0 Å². The van der Waals surface area contributed by atoms with Gasteiger partial charge in [0.25, 0.3) is 0 Å². The molecule has 1 rings (SSSR count). The molecule has 1 heteroatoms. The van der Waals surface area contributed by atoms with E-state index in [0.29, 0.717) is 5.92 Å². The van der Waals surface area contributed by atoms with E-state index in [4.69, 9.17) is 0 Å². The standard InChI is InChI=1S/C13H17N/c1-5-14-9-13-11(4)7-6-8-12(13)10(2)3/h5-10H,4H2,1-3H3/b13-9+,14-5?. The molecule has 0 N–H and O–H groups in total. The first kappa shape index (κ1) is 10.7. The van der Waals surface area contributed by atoms with Gasteiger partial charge in [-0.2, -0.15) is 0 Å². The summed E-state index contributed by atoms with van der Waals surface area (Å²) in [6, 6.07) is 6.20. The lowest BCUT2D eigenvalue weighted by Crippen LogP contribution is -2.27. The van der Waals surface area contributed by atoms with Crippen molar-refractivity contribution in [2.75, 3.05) is 0 Å². The van der Waals surface area contributed by atoms with Gasteiger partial charge in [0.15, 0.2) is 0 Å². The third-order valence-corrected chi connectivity index (χ3v) is 2.20. The Kier molecular flexibility index (Phi) is 3.63. The fraction of sp³-hybridized carbons (Fsp3) is 0.308. The quantitative estimate of drug-likeness (QED) is 0.628. The first-order valence-corrected chi connectivity index (χ1v) is 4.92. The van der Waals surface area contributed by atoms with Crippen LogP contribution in [0.3, 0.4) is 0 Å². The average Bonchev–Trinajstić information content (AvgIpc) is 2.15. The lowest BCUT2D eigenvalue weighted by molar-refractivity contribution is 0.856. The number of benzene rings is 1. The molecule has 74 valence electrons. The van der Waals surface area contributed by atoms with Gasteiger partial charge in [-0.05, 0) is 23.6 Å². The van der Waals surface area contributed by atoms with Crippen molar-refractivity contribution >= 4 is 19.0 Å². The summed E-state index contributed by atoms with van der Waals surface area (Å²) in [5.41, 5.74) is 1.31. The third kappa shape index (κ3) is 2.32. The molecule has 0 aromatic heterocycles. The third-order valence-electron chi connectivity index (χ3n) is 2.20. The van der Waals surface area contributed by atoms with Crippen molar-refractivity contribution in [3.63, 3.8) is 0 Å². The minimum Gasteiger partial charge on any atom is -0.269 e. The van der Waals surface area contributed by atoms with Gasteiger partial charge < -0.3 is 0 Å². The van der Waals surface area contributed by atoms with Crippen molar-refractivity contribution in [2.45, 2.75) is 26.7 Å². The summed E-state index contributed by atoms with van der Waals surface area (Å²) in [4.78, 5) is 4.16. The van der Waals surface area contributed by atoms with E-state index in [1.807, 2.05) is 25.3 Å². The van der Waals surface area contributed by atoms with E-state index in [1.54, 1.807) is 6.21 Å². The van der Waals surface area contributed by atoms with Gasteiger partial charge in [-0.15, -0.1) is 0 Å². The second-order valence-corrected chi connectivity index (χ2v) is 3.61. The monoisotopic (exact) mass is 187 g/mol. The zero-order chi connectivity index (χ0) is 10.6. The average molecular weight is 187 g/mol. The van der Waals surface area contributed by atoms with Crippen molar-refractivity contribution < 1.29 is 0 Å². The first-order chi connectivity index (χ1) is 6.66. The molecular formula is C13H17N. The van der Waals surface area contributed by atoms with Crippen LogP contribution < -0.4 is 10.4 Å². The number of rotatable bonds is 2. The largest absolute Gasteiger partial charge is 0.269 e. The molecule has 14 heavy (non-hydrogen) atoms. The van der Waals surface area contributed by atoms with Crippen LogP contribution in [0.1, 0.15) is 32.3 Å². The van der Waals surface area contributed by atoms with Crippen LogP contribution in [0.4, 0.5) is 0 Å². The van der Waals surface area contributed by atoms with E-state index in [2.05, 4.69) is 31.5 Å². The first-order valence-electron chi connectivity index (χ1n) is 4.92. The smallest absolute Gasteiger partial charge is 0.0344 e. The fourth-order valence-corrected chi connectivity index (χ4v) is 1.44. The van der Waals surface area contributed by atoms with Crippen LogP contribution in [-0.4, -0.2) is 6.21 Å². The van der Waals surface area contributed by atoms with Gasteiger partial charge in [0.2, 0.25) is 0 Å². The Balaban J connectivity index is 3.45. The number of aliphatic imine (C=N–C) groups is 1. The van der Waals surface area contributed by atoms with E-state index in [9.17, 15) is 0 Å². The number of nitrogens with zero attached hydrogens (tertiary/aromatic N) is 1. The summed E-state index contributed by atoms with van der Waals surface area (Å²) in [6.45, 7) is 10.3. The van der Waals surface area contributed by atoms with E-state index in [0.717, 1.165) is 10.4 Å². The molecule has 0 saturated heterocycles. The maximum Gasteiger partial charge on any atom is 0.0344 e. The predicted octanol–water partition coefficient (Wildman–Crippen LogP) is 2.05. The van der Waals surface area contributed by atoms with Gasteiger partial charge in [-0.1, -0.05) is 38.6 Å². The lowest BCUT2D eigenvalue weighted by atomic mass is 10.0. The second-order valence-electron chi connectivity index (χ2n) is 3.61. The lowest BCUT2D eigenvalue weighted by Gasteiger charge is -2.05. The van der Waals surface area contributed by atoms with Crippen molar-refractivity contribution in [2.24, 2.45) is 4.99 Å². The van der Waals surface area contributed by atoms with Crippen LogP contribution in [-0.2, 0) is 0 Å². The highest BCUT2D eigenvalue weighted by Crippen LogP contribution is 2.06. The molecule has 1 nitrogen and oxygen atoms in total. The van der Waals surface area contributed by atoms with Crippen molar-refractivity contribution in [3.05, 3.63) is 34.2 Å². The highest BCUT2D eigenvalue weighted by Gasteiger charge is 1.99. The van der Waals surface area contributed by atoms with Crippen LogP contribution in [0.15, 0.2) is 23.2 Å². The van der Waals surface area contributed by atoms with Gasteiger partial charge in [0, 0.05) is 17.6 Å². The molecule has 0 amide bonds. The van der Waals surface area contributed by atoms with Crippen LogP contribution in [0.25, 0.3) is 12.8 Å². The van der Waals surface area contributed by atoms with E-state index >= 15 is 0 Å². The maximum atomic E-state index is 4.16.